The van der Waals surface area contributed by atoms with Crippen molar-refractivity contribution in [3.8, 4) is 0 Å². The fourth-order valence-corrected chi connectivity index (χ4v) is 1.64. The maximum Gasteiger partial charge on any atom is 0.184 e. The van der Waals surface area contributed by atoms with E-state index in [0.717, 1.165) is 11.5 Å². The highest BCUT2D eigenvalue weighted by molar-refractivity contribution is 7.99. The van der Waals surface area contributed by atoms with Gasteiger partial charge in [-0.2, -0.15) is 11.8 Å². The van der Waals surface area contributed by atoms with E-state index in [-0.39, 0.29) is 11.9 Å². The second kappa shape index (κ2) is 3.78. The third kappa shape index (κ3) is 1.85. The average Bonchev–Trinajstić information content (AvgIpc) is 2.05. The normalized spacial score (nSPS) is 25.8. The van der Waals surface area contributed by atoms with Crippen LogP contribution in [0.3, 0.4) is 0 Å². The molecule has 3 heteroatoms. The molecular weight excluding hydrogens is 148 g/mol. The number of ketones is 1. The van der Waals surface area contributed by atoms with E-state index < -0.39 is 0 Å². The third-order valence-corrected chi connectivity index (χ3v) is 2.33. The average molecular weight is 158 g/mol. The number of hydrogen-bond donors (Lipinski definition) is 0. The number of carbonyl (C=O) groups is 1. The van der Waals surface area contributed by atoms with Gasteiger partial charge in [0.1, 0.15) is 6.10 Å². The number of thioether (sulfide) groups is 1. The summed E-state index contributed by atoms with van der Waals surface area (Å²) in [5, 5.41) is 0. The molecule has 1 rings (SSSR count). The van der Waals surface area contributed by atoms with Crippen LogP contribution in [0.4, 0.5) is 0 Å². The van der Waals surface area contributed by atoms with Gasteiger partial charge in [-0.15, -0.1) is 0 Å². The Hall–Kier alpha value is -0.280. The summed E-state index contributed by atoms with van der Waals surface area (Å²) in [5.74, 6) is 1.79. The molecule has 0 saturated carbocycles. The Morgan fingerprint density at radius 2 is 2.60 bits per heavy atom. The van der Waals surface area contributed by atoms with Gasteiger partial charge in [0.15, 0.2) is 5.78 Å². The third-order valence-electron chi connectivity index (χ3n) is 1.33. The summed E-state index contributed by atoms with van der Waals surface area (Å²) in [6, 6.07) is 0. The molecule has 0 spiro atoms. The van der Waals surface area contributed by atoms with Crippen molar-refractivity contribution in [3.63, 3.8) is 0 Å². The molecule has 0 bridgehead atoms. The zero-order chi connectivity index (χ0) is 7.40. The van der Waals surface area contributed by atoms with Crippen molar-refractivity contribution in [2.75, 3.05) is 18.1 Å². The van der Waals surface area contributed by atoms with Crippen LogP contribution in [0.5, 0.6) is 0 Å². The monoisotopic (exact) mass is 158 g/mol. The molecule has 1 heterocycles. The lowest BCUT2D eigenvalue weighted by atomic mass is 10.2. The van der Waals surface area contributed by atoms with Crippen molar-refractivity contribution in [2.24, 2.45) is 0 Å². The van der Waals surface area contributed by atoms with Gasteiger partial charge in [-0.05, 0) is 6.08 Å². The van der Waals surface area contributed by atoms with Gasteiger partial charge in [-0.3, -0.25) is 4.79 Å². The molecule has 0 aromatic rings. The van der Waals surface area contributed by atoms with Gasteiger partial charge in [0.25, 0.3) is 0 Å². The summed E-state index contributed by atoms with van der Waals surface area (Å²) in [7, 11) is 0. The molecule has 1 saturated heterocycles. The number of rotatable bonds is 2. The molecular formula is C7H10O2S. The smallest absolute Gasteiger partial charge is 0.184 e. The van der Waals surface area contributed by atoms with Gasteiger partial charge in [0.2, 0.25) is 0 Å². The highest BCUT2D eigenvalue weighted by atomic mass is 32.2. The highest BCUT2D eigenvalue weighted by Crippen LogP contribution is 2.13. The van der Waals surface area contributed by atoms with Crippen LogP contribution in [-0.4, -0.2) is 30.0 Å². The molecule has 1 aliphatic heterocycles. The largest absolute Gasteiger partial charge is 0.368 e. The minimum Gasteiger partial charge on any atom is -0.368 e. The first-order valence-corrected chi connectivity index (χ1v) is 4.35. The van der Waals surface area contributed by atoms with E-state index in [2.05, 4.69) is 6.58 Å². The van der Waals surface area contributed by atoms with Crippen molar-refractivity contribution >= 4 is 17.5 Å². The van der Waals surface area contributed by atoms with Gasteiger partial charge < -0.3 is 4.74 Å². The molecule has 1 fully saturated rings. The van der Waals surface area contributed by atoms with Gasteiger partial charge >= 0.3 is 0 Å². The molecule has 1 aliphatic rings. The molecule has 10 heavy (non-hydrogen) atoms. The van der Waals surface area contributed by atoms with E-state index in [1.54, 1.807) is 11.8 Å². The molecule has 0 aromatic carbocycles. The second-order valence-corrected chi connectivity index (χ2v) is 3.19. The molecule has 0 radical (unpaired) electrons. The fraction of sp³-hybridized carbons (Fsp3) is 0.571. The summed E-state index contributed by atoms with van der Waals surface area (Å²) in [5.41, 5.74) is 0. The van der Waals surface area contributed by atoms with Crippen molar-refractivity contribution in [2.45, 2.75) is 6.10 Å². The molecule has 1 atom stereocenters. The highest BCUT2D eigenvalue weighted by Gasteiger charge is 2.18. The fourth-order valence-electron chi connectivity index (χ4n) is 0.783. The van der Waals surface area contributed by atoms with Crippen LogP contribution in [0, 0.1) is 0 Å². The summed E-state index contributed by atoms with van der Waals surface area (Å²) < 4.78 is 5.19. The lowest BCUT2D eigenvalue weighted by Gasteiger charge is -2.19. The molecule has 2 nitrogen and oxygen atoms in total. The Balaban J connectivity index is 2.38. The van der Waals surface area contributed by atoms with Crippen molar-refractivity contribution < 1.29 is 9.53 Å². The van der Waals surface area contributed by atoms with E-state index >= 15 is 0 Å². The number of ether oxygens (including phenoxy) is 1. The van der Waals surface area contributed by atoms with E-state index in [1.807, 2.05) is 0 Å². The second-order valence-electron chi connectivity index (χ2n) is 2.04. The lowest BCUT2D eigenvalue weighted by Crippen LogP contribution is -2.29. The Morgan fingerprint density at radius 1 is 1.80 bits per heavy atom. The maximum absolute atomic E-state index is 10.9. The summed E-state index contributed by atoms with van der Waals surface area (Å²) in [6.45, 7) is 4.09. The molecule has 0 aliphatic carbocycles. The van der Waals surface area contributed by atoms with Gasteiger partial charge in [0.05, 0.1) is 6.61 Å². The van der Waals surface area contributed by atoms with Crippen LogP contribution in [0.15, 0.2) is 12.7 Å². The predicted octanol–water partition coefficient (Wildman–Crippen LogP) is 0.873. The van der Waals surface area contributed by atoms with Gasteiger partial charge in [0, 0.05) is 11.5 Å². The van der Waals surface area contributed by atoms with Crippen LogP contribution in [-0.2, 0) is 9.53 Å². The van der Waals surface area contributed by atoms with Crippen LogP contribution in [0.1, 0.15) is 0 Å². The molecule has 0 aromatic heterocycles. The van der Waals surface area contributed by atoms with Gasteiger partial charge in [-0.1, -0.05) is 6.58 Å². The van der Waals surface area contributed by atoms with Crippen LogP contribution < -0.4 is 0 Å². The minimum atomic E-state index is -0.226. The summed E-state index contributed by atoms with van der Waals surface area (Å²) in [6.07, 6.45) is 1.10. The molecule has 0 N–H and O–H groups in total. The SMILES string of the molecule is C=CC(=O)C1CSCCO1. The molecule has 56 valence electrons. The topological polar surface area (TPSA) is 26.3 Å². The maximum atomic E-state index is 10.9. The first kappa shape index (κ1) is 7.82. The van der Waals surface area contributed by atoms with Crippen LogP contribution in [0.25, 0.3) is 0 Å². The standard InChI is InChI=1S/C7H10O2S/c1-2-6(8)7-5-10-4-3-9-7/h2,7H,1,3-5H2. The lowest BCUT2D eigenvalue weighted by molar-refractivity contribution is -0.124. The Kier molecular flexibility index (Phi) is 2.96. The predicted molar refractivity (Wildman–Crippen MR) is 42.3 cm³/mol. The van der Waals surface area contributed by atoms with Gasteiger partial charge in [-0.25, -0.2) is 0 Å². The quantitative estimate of drug-likeness (QED) is 0.558. The summed E-state index contributed by atoms with van der Waals surface area (Å²) >= 11 is 1.75. The van der Waals surface area contributed by atoms with E-state index in [0.29, 0.717) is 6.61 Å². The zero-order valence-corrected chi connectivity index (χ0v) is 6.52. The number of hydrogen-bond acceptors (Lipinski definition) is 3. The first-order chi connectivity index (χ1) is 4.84. The van der Waals surface area contributed by atoms with Crippen LogP contribution >= 0.6 is 11.8 Å². The van der Waals surface area contributed by atoms with Crippen molar-refractivity contribution in [3.05, 3.63) is 12.7 Å². The zero-order valence-electron chi connectivity index (χ0n) is 5.71. The molecule has 1 unspecified atom stereocenters. The van der Waals surface area contributed by atoms with Crippen LogP contribution in [0.2, 0.25) is 0 Å². The van der Waals surface area contributed by atoms with Crippen molar-refractivity contribution in [1.82, 2.24) is 0 Å². The Labute approximate surface area is 64.6 Å². The number of carbonyl (C=O) groups excluding carboxylic acids is 1. The van der Waals surface area contributed by atoms with E-state index in [4.69, 9.17) is 4.74 Å². The Bertz CT molecular complexity index is 139. The van der Waals surface area contributed by atoms with E-state index in [9.17, 15) is 4.79 Å². The van der Waals surface area contributed by atoms with E-state index in [1.165, 1.54) is 6.08 Å². The first-order valence-electron chi connectivity index (χ1n) is 3.20. The Morgan fingerprint density at radius 3 is 3.10 bits per heavy atom. The van der Waals surface area contributed by atoms with Crippen molar-refractivity contribution in [1.29, 1.82) is 0 Å². The molecule has 0 amide bonds. The summed E-state index contributed by atoms with van der Waals surface area (Å²) in [4.78, 5) is 10.9. The minimum absolute atomic E-state index is 0.00667.